The van der Waals surface area contributed by atoms with Gasteiger partial charge in [0.1, 0.15) is 0 Å². The minimum absolute atomic E-state index is 0.443. The fraction of sp³-hybridized carbons (Fsp3) is 0.882. The van der Waals surface area contributed by atoms with Crippen LogP contribution >= 0.6 is 0 Å². The minimum atomic E-state index is -0.443. The molecule has 0 bridgehead atoms. The molecule has 1 atom stereocenters. The monoisotopic (exact) mass is 252 g/mol. The second kappa shape index (κ2) is 9.61. The molecular formula is C17H32O. The Morgan fingerprint density at radius 2 is 1.17 bits per heavy atom. The molecule has 0 saturated carbocycles. The van der Waals surface area contributed by atoms with Gasteiger partial charge in [-0.25, -0.2) is 0 Å². The molecule has 1 heteroatoms. The summed E-state index contributed by atoms with van der Waals surface area (Å²) in [7, 11) is 0. The SMILES string of the molecule is CC1(O)CC/C=C\CCCCCCCCCCC1. The highest BCUT2D eigenvalue weighted by molar-refractivity contribution is 4.85. The highest BCUT2D eigenvalue weighted by Gasteiger charge is 2.18. The molecule has 1 N–H and O–H groups in total. The standard InChI is InChI=1S/C17H32O/c1-17(18)15-13-11-9-7-5-3-2-4-6-8-10-12-14-16-17/h9,11,18H,2-8,10,12-16H2,1H3/b11-9-. The maximum absolute atomic E-state index is 10.3. The van der Waals surface area contributed by atoms with Gasteiger partial charge in [0.05, 0.1) is 5.60 Å². The average molecular weight is 252 g/mol. The van der Waals surface area contributed by atoms with Gasteiger partial charge in [0.15, 0.2) is 0 Å². The van der Waals surface area contributed by atoms with Gasteiger partial charge >= 0.3 is 0 Å². The molecule has 0 fully saturated rings. The van der Waals surface area contributed by atoms with E-state index in [0.29, 0.717) is 0 Å². The van der Waals surface area contributed by atoms with Crippen LogP contribution in [0, 0.1) is 0 Å². The summed E-state index contributed by atoms with van der Waals surface area (Å²) in [4.78, 5) is 0. The van der Waals surface area contributed by atoms with Crippen molar-refractivity contribution in [1.82, 2.24) is 0 Å². The Balaban J connectivity index is 2.28. The summed E-state index contributed by atoms with van der Waals surface area (Å²) in [6.45, 7) is 2.00. The predicted octanol–water partition coefficient (Wildman–Crippen LogP) is 5.38. The third-order valence-electron chi connectivity index (χ3n) is 4.10. The van der Waals surface area contributed by atoms with Gasteiger partial charge in [0, 0.05) is 0 Å². The van der Waals surface area contributed by atoms with Crippen molar-refractivity contribution in [1.29, 1.82) is 0 Å². The highest BCUT2D eigenvalue weighted by Crippen LogP contribution is 2.21. The lowest BCUT2D eigenvalue weighted by molar-refractivity contribution is 0.0402. The molecule has 106 valence electrons. The molecule has 0 aliphatic heterocycles. The number of allylic oxidation sites excluding steroid dienone is 2. The first-order valence-electron chi connectivity index (χ1n) is 8.08. The van der Waals surface area contributed by atoms with E-state index in [9.17, 15) is 5.11 Å². The van der Waals surface area contributed by atoms with Crippen molar-refractivity contribution in [2.75, 3.05) is 0 Å². The Morgan fingerprint density at radius 3 is 1.83 bits per heavy atom. The van der Waals surface area contributed by atoms with E-state index >= 15 is 0 Å². The van der Waals surface area contributed by atoms with E-state index in [2.05, 4.69) is 12.2 Å². The van der Waals surface area contributed by atoms with Crippen LogP contribution in [0.3, 0.4) is 0 Å². The summed E-state index contributed by atoms with van der Waals surface area (Å²) >= 11 is 0. The van der Waals surface area contributed by atoms with Gasteiger partial charge in [0.25, 0.3) is 0 Å². The normalized spacial score (nSPS) is 31.9. The quantitative estimate of drug-likeness (QED) is 0.574. The molecule has 1 unspecified atom stereocenters. The highest BCUT2D eigenvalue weighted by atomic mass is 16.3. The van der Waals surface area contributed by atoms with Crippen LogP contribution in [0.2, 0.25) is 0 Å². The lowest BCUT2D eigenvalue weighted by atomic mass is 9.92. The number of hydrogen-bond acceptors (Lipinski definition) is 1. The molecule has 0 radical (unpaired) electrons. The molecule has 0 aromatic rings. The summed E-state index contributed by atoms with van der Waals surface area (Å²) in [6.07, 6.45) is 20.9. The second-order valence-corrected chi connectivity index (χ2v) is 6.23. The van der Waals surface area contributed by atoms with Gasteiger partial charge in [0.2, 0.25) is 0 Å². The van der Waals surface area contributed by atoms with E-state index < -0.39 is 5.60 Å². The van der Waals surface area contributed by atoms with Crippen molar-refractivity contribution in [2.45, 2.75) is 96.0 Å². The first kappa shape index (κ1) is 15.8. The van der Waals surface area contributed by atoms with E-state index in [1.165, 1.54) is 64.2 Å². The topological polar surface area (TPSA) is 20.2 Å². The maximum atomic E-state index is 10.3. The van der Waals surface area contributed by atoms with Crippen LogP contribution in [0.25, 0.3) is 0 Å². The van der Waals surface area contributed by atoms with E-state index in [4.69, 9.17) is 0 Å². The molecule has 1 aliphatic carbocycles. The molecule has 0 amide bonds. The van der Waals surface area contributed by atoms with Crippen LogP contribution in [0.1, 0.15) is 90.4 Å². The van der Waals surface area contributed by atoms with Gasteiger partial charge in [-0.05, 0) is 39.0 Å². The van der Waals surface area contributed by atoms with Crippen LogP contribution in [-0.4, -0.2) is 10.7 Å². The molecule has 0 aromatic carbocycles. The van der Waals surface area contributed by atoms with Crippen LogP contribution < -0.4 is 0 Å². The zero-order chi connectivity index (χ0) is 13.1. The molecule has 1 nitrogen and oxygen atoms in total. The van der Waals surface area contributed by atoms with Crippen molar-refractivity contribution in [3.63, 3.8) is 0 Å². The lowest BCUT2D eigenvalue weighted by Crippen LogP contribution is -2.23. The minimum Gasteiger partial charge on any atom is -0.390 e. The zero-order valence-electron chi connectivity index (χ0n) is 12.3. The van der Waals surface area contributed by atoms with Gasteiger partial charge < -0.3 is 5.11 Å². The first-order valence-corrected chi connectivity index (χ1v) is 8.08. The van der Waals surface area contributed by atoms with Crippen molar-refractivity contribution in [3.05, 3.63) is 12.2 Å². The Bertz CT molecular complexity index is 218. The van der Waals surface area contributed by atoms with E-state index in [1.54, 1.807) is 0 Å². The van der Waals surface area contributed by atoms with Crippen molar-refractivity contribution >= 4 is 0 Å². The molecular weight excluding hydrogens is 220 g/mol. The number of rotatable bonds is 0. The molecule has 0 heterocycles. The number of aliphatic hydroxyl groups is 1. The van der Waals surface area contributed by atoms with Crippen molar-refractivity contribution in [2.24, 2.45) is 0 Å². The summed E-state index contributed by atoms with van der Waals surface area (Å²) in [5.74, 6) is 0. The molecule has 1 aliphatic rings. The van der Waals surface area contributed by atoms with Crippen LogP contribution in [0.5, 0.6) is 0 Å². The van der Waals surface area contributed by atoms with E-state index in [0.717, 1.165) is 19.3 Å². The third-order valence-corrected chi connectivity index (χ3v) is 4.10. The fourth-order valence-electron chi connectivity index (χ4n) is 2.76. The molecule has 1 rings (SSSR count). The van der Waals surface area contributed by atoms with Crippen LogP contribution in [0.15, 0.2) is 12.2 Å². The van der Waals surface area contributed by atoms with Crippen LogP contribution in [0.4, 0.5) is 0 Å². The first-order chi connectivity index (χ1) is 8.71. The van der Waals surface area contributed by atoms with Crippen molar-refractivity contribution < 1.29 is 5.11 Å². The zero-order valence-corrected chi connectivity index (χ0v) is 12.3. The average Bonchev–Trinajstić information content (AvgIpc) is 2.32. The Morgan fingerprint density at radius 1 is 0.667 bits per heavy atom. The predicted molar refractivity (Wildman–Crippen MR) is 79.8 cm³/mol. The molecule has 0 aromatic heterocycles. The van der Waals surface area contributed by atoms with Crippen molar-refractivity contribution in [3.8, 4) is 0 Å². The van der Waals surface area contributed by atoms with E-state index in [-0.39, 0.29) is 0 Å². The number of hydrogen-bond donors (Lipinski definition) is 1. The van der Waals surface area contributed by atoms with Gasteiger partial charge in [-0.15, -0.1) is 0 Å². The smallest absolute Gasteiger partial charge is 0.0622 e. The maximum Gasteiger partial charge on any atom is 0.0622 e. The van der Waals surface area contributed by atoms with E-state index in [1.807, 2.05) is 6.92 Å². The lowest BCUT2D eigenvalue weighted by Gasteiger charge is -2.22. The summed E-state index contributed by atoms with van der Waals surface area (Å²) in [5.41, 5.74) is -0.443. The summed E-state index contributed by atoms with van der Waals surface area (Å²) < 4.78 is 0. The molecule has 0 saturated heterocycles. The molecule has 18 heavy (non-hydrogen) atoms. The van der Waals surface area contributed by atoms with Gasteiger partial charge in [-0.2, -0.15) is 0 Å². The summed E-state index contributed by atoms with van der Waals surface area (Å²) in [5, 5.41) is 10.3. The fourth-order valence-corrected chi connectivity index (χ4v) is 2.76. The Kier molecular flexibility index (Phi) is 8.41. The van der Waals surface area contributed by atoms with Gasteiger partial charge in [-0.1, -0.05) is 63.5 Å². The van der Waals surface area contributed by atoms with Crippen LogP contribution in [-0.2, 0) is 0 Å². The second-order valence-electron chi connectivity index (χ2n) is 6.23. The summed E-state index contributed by atoms with van der Waals surface area (Å²) in [6, 6.07) is 0. The third kappa shape index (κ3) is 8.74. The largest absolute Gasteiger partial charge is 0.390 e. The Labute approximate surface area is 114 Å². The molecule has 0 spiro atoms. The van der Waals surface area contributed by atoms with Gasteiger partial charge in [-0.3, -0.25) is 0 Å². The Hall–Kier alpha value is -0.300.